The molecule has 0 radical (unpaired) electrons. The third-order valence-electron chi connectivity index (χ3n) is 5.15. The maximum absolute atomic E-state index is 12.5. The van der Waals surface area contributed by atoms with E-state index in [-0.39, 0.29) is 43.1 Å². The second kappa shape index (κ2) is 8.49. The molecule has 7 nitrogen and oxygen atoms in total. The minimum Gasteiger partial charge on any atom is -0.447 e. The van der Waals surface area contributed by atoms with Crippen LogP contribution < -0.4 is 5.32 Å². The number of carbonyl (C=O) groups is 4. The zero-order chi connectivity index (χ0) is 21.1. The fourth-order valence-corrected chi connectivity index (χ4v) is 3.42. The van der Waals surface area contributed by atoms with Crippen molar-refractivity contribution in [2.24, 2.45) is 0 Å². The van der Waals surface area contributed by atoms with Crippen LogP contribution in [0.1, 0.15) is 58.1 Å². The third-order valence-corrected chi connectivity index (χ3v) is 5.15. The van der Waals surface area contributed by atoms with Crippen molar-refractivity contribution >= 4 is 23.7 Å². The van der Waals surface area contributed by atoms with Crippen molar-refractivity contribution in [1.82, 2.24) is 10.2 Å². The van der Waals surface area contributed by atoms with Gasteiger partial charge in [-0.1, -0.05) is 42.5 Å². The summed E-state index contributed by atoms with van der Waals surface area (Å²) >= 11 is 0. The number of imide groups is 1. The Labute approximate surface area is 174 Å². The van der Waals surface area contributed by atoms with E-state index in [1.54, 1.807) is 48.5 Å². The number of ether oxygens (including phenoxy) is 1. The van der Waals surface area contributed by atoms with Crippen molar-refractivity contribution in [2.45, 2.75) is 37.8 Å². The van der Waals surface area contributed by atoms with E-state index in [0.29, 0.717) is 16.7 Å². The molecule has 0 bridgehead atoms. The highest BCUT2D eigenvalue weighted by Gasteiger charge is 2.35. The molecule has 1 N–H and O–H groups in total. The SMILES string of the molecule is O=C(CCCN1C(=O)c2ccccc2C1=O)OC(C(=O)NC1CC1)c1ccccc1. The Morgan fingerprint density at radius 1 is 0.967 bits per heavy atom. The summed E-state index contributed by atoms with van der Waals surface area (Å²) in [5.74, 6) is -1.59. The first-order chi connectivity index (χ1) is 14.5. The minimum atomic E-state index is -1.02. The van der Waals surface area contributed by atoms with Gasteiger partial charge in [0.05, 0.1) is 11.1 Å². The molecular weight excluding hydrogens is 384 g/mol. The number of esters is 1. The van der Waals surface area contributed by atoms with E-state index >= 15 is 0 Å². The summed E-state index contributed by atoms with van der Waals surface area (Å²) in [6, 6.07) is 15.7. The molecule has 2 aromatic rings. The first-order valence-electron chi connectivity index (χ1n) is 10.0. The van der Waals surface area contributed by atoms with Gasteiger partial charge in [-0.15, -0.1) is 0 Å². The van der Waals surface area contributed by atoms with Crippen molar-refractivity contribution < 1.29 is 23.9 Å². The molecule has 0 aromatic heterocycles. The highest BCUT2D eigenvalue weighted by atomic mass is 16.5. The summed E-state index contributed by atoms with van der Waals surface area (Å²) < 4.78 is 5.47. The Morgan fingerprint density at radius 2 is 1.57 bits per heavy atom. The molecule has 1 aliphatic carbocycles. The molecule has 7 heteroatoms. The van der Waals surface area contributed by atoms with E-state index in [1.165, 1.54) is 0 Å². The Kier molecular flexibility index (Phi) is 5.61. The van der Waals surface area contributed by atoms with Gasteiger partial charge in [-0.25, -0.2) is 0 Å². The Bertz CT molecular complexity index is 949. The highest BCUT2D eigenvalue weighted by Crippen LogP contribution is 2.25. The summed E-state index contributed by atoms with van der Waals surface area (Å²) in [6.45, 7) is 0.117. The summed E-state index contributed by atoms with van der Waals surface area (Å²) in [4.78, 5) is 50.8. The lowest BCUT2D eigenvalue weighted by atomic mass is 10.1. The summed E-state index contributed by atoms with van der Waals surface area (Å²) in [5.41, 5.74) is 1.36. The van der Waals surface area contributed by atoms with Crippen LogP contribution >= 0.6 is 0 Å². The van der Waals surface area contributed by atoms with Gasteiger partial charge in [0.2, 0.25) is 6.10 Å². The van der Waals surface area contributed by atoms with Gasteiger partial charge in [-0.05, 0) is 31.4 Å². The Hall–Kier alpha value is -3.48. The first kappa shape index (κ1) is 19.8. The largest absolute Gasteiger partial charge is 0.447 e. The normalized spacial score (nSPS) is 16.2. The van der Waals surface area contributed by atoms with Crippen LogP contribution in [0, 0.1) is 0 Å². The highest BCUT2D eigenvalue weighted by molar-refractivity contribution is 6.21. The standard InChI is InChI=1S/C23H22N2O5/c26-19(11-6-14-25-22(28)17-9-4-5-10-18(17)23(25)29)30-20(15-7-2-1-3-8-15)21(27)24-16-12-13-16/h1-5,7-10,16,20H,6,11-14H2,(H,24,27). The third kappa shape index (κ3) is 4.25. The van der Waals surface area contributed by atoms with E-state index in [4.69, 9.17) is 4.74 Å². The number of carbonyl (C=O) groups excluding carboxylic acids is 4. The minimum absolute atomic E-state index is 0.00650. The van der Waals surface area contributed by atoms with E-state index < -0.39 is 12.1 Å². The monoisotopic (exact) mass is 406 g/mol. The average Bonchev–Trinajstić information content (AvgIpc) is 3.54. The molecule has 154 valence electrons. The van der Waals surface area contributed by atoms with Crippen LogP contribution in [0.25, 0.3) is 0 Å². The number of benzene rings is 2. The number of nitrogens with one attached hydrogen (secondary N) is 1. The van der Waals surface area contributed by atoms with Gasteiger partial charge in [-0.2, -0.15) is 0 Å². The number of fused-ring (bicyclic) bond motifs is 1. The zero-order valence-electron chi connectivity index (χ0n) is 16.4. The van der Waals surface area contributed by atoms with E-state index in [0.717, 1.165) is 17.7 Å². The maximum atomic E-state index is 12.5. The fourth-order valence-electron chi connectivity index (χ4n) is 3.42. The molecule has 1 unspecified atom stereocenters. The van der Waals surface area contributed by atoms with Crippen molar-refractivity contribution in [1.29, 1.82) is 0 Å². The fraction of sp³-hybridized carbons (Fsp3) is 0.304. The van der Waals surface area contributed by atoms with Crippen molar-refractivity contribution in [3.05, 3.63) is 71.3 Å². The predicted octanol–water partition coefficient (Wildman–Crippen LogP) is 2.63. The molecule has 1 saturated carbocycles. The van der Waals surface area contributed by atoms with Crippen LogP contribution in [0.2, 0.25) is 0 Å². The first-order valence-corrected chi connectivity index (χ1v) is 10.0. The second-order valence-electron chi connectivity index (χ2n) is 7.47. The van der Waals surface area contributed by atoms with Gasteiger partial charge in [-0.3, -0.25) is 24.1 Å². The van der Waals surface area contributed by atoms with Gasteiger partial charge in [0.25, 0.3) is 17.7 Å². The summed E-state index contributed by atoms with van der Waals surface area (Å²) in [7, 11) is 0. The van der Waals surface area contributed by atoms with Crippen LogP contribution in [-0.4, -0.2) is 41.2 Å². The molecule has 2 aromatic carbocycles. The molecule has 2 aliphatic rings. The van der Waals surface area contributed by atoms with E-state index in [9.17, 15) is 19.2 Å². The molecular formula is C23H22N2O5. The van der Waals surface area contributed by atoms with Crippen LogP contribution in [0.4, 0.5) is 0 Å². The lowest BCUT2D eigenvalue weighted by Gasteiger charge is -2.18. The van der Waals surface area contributed by atoms with Crippen LogP contribution in [0.15, 0.2) is 54.6 Å². The summed E-state index contributed by atoms with van der Waals surface area (Å²) in [6.07, 6.45) is 1.10. The average molecular weight is 406 g/mol. The Balaban J connectivity index is 1.33. The number of rotatable bonds is 8. The van der Waals surface area contributed by atoms with Gasteiger partial charge in [0, 0.05) is 24.6 Å². The lowest BCUT2D eigenvalue weighted by Crippen LogP contribution is -2.34. The van der Waals surface area contributed by atoms with Crippen molar-refractivity contribution in [2.75, 3.05) is 6.54 Å². The summed E-state index contributed by atoms with van der Waals surface area (Å²) in [5, 5.41) is 2.87. The topological polar surface area (TPSA) is 92.8 Å². The van der Waals surface area contributed by atoms with Crippen LogP contribution in [0.3, 0.4) is 0 Å². The second-order valence-corrected chi connectivity index (χ2v) is 7.47. The number of hydrogen-bond acceptors (Lipinski definition) is 5. The van der Waals surface area contributed by atoms with Crippen LogP contribution in [-0.2, 0) is 14.3 Å². The lowest BCUT2D eigenvalue weighted by molar-refractivity contribution is -0.156. The molecule has 1 heterocycles. The van der Waals surface area contributed by atoms with Gasteiger partial charge in [0.15, 0.2) is 0 Å². The number of amides is 3. The van der Waals surface area contributed by atoms with E-state index in [1.807, 2.05) is 6.07 Å². The van der Waals surface area contributed by atoms with Gasteiger partial charge < -0.3 is 10.1 Å². The van der Waals surface area contributed by atoms with Crippen LogP contribution in [0.5, 0.6) is 0 Å². The van der Waals surface area contributed by atoms with Crippen molar-refractivity contribution in [3.8, 4) is 0 Å². The molecule has 1 atom stereocenters. The maximum Gasteiger partial charge on any atom is 0.306 e. The zero-order valence-corrected chi connectivity index (χ0v) is 16.4. The molecule has 1 fully saturated rings. The molecule has 4 rings (SSSR count). The predicted molar refractivity (Wildman–Crippen MR) is 107 cm³/mol. The van der Waals surface area contributed by atoms with Gasteiger partial charge in [0.1, 0.15) is 0 Å². The Morgan fingerprint density at radius 3 is 2.17 bits per heavy atom. The van der Waals surface area contributed by atoms with Gasteiger partial charge >= 0.3 is 5.97 Å². The molecule has 3 amide bonds. The molecule has 30 heavy (non-hydrogen) atoms. The number of nitrogens with zero attached hydrogens (tertiary/aromatic N) is 1. The quantitative estimate of drug-likeness (QED) is 0.537. The smallest absolute Gasteiger partial charge is 0.306 e. The van der Waals surface area contributed by atoms with Crippen molar-refractivity contribution in [3.63, 3.8) is 0 Å². The molecule has 1 aliphatic heterocycles. The van der Waals surface area contributed by atoms with E-state index in [2.05, 4.69) is 5.32 Å². The molecule has 0 saturated heterocycles. The number of hydrogen-bond donors (Lipinski definition) is 1. The molecule has 0 spiro atoms.